The number of halogens is 1. The van der Waals surface area contributed by atoms with Gasteiger partial charge in [0.15, 0.2) is 0 Å². The minimum atomic E-state index is -0.306. The molecule has 17 heavy (non-hydrogen) atoms. The van der Waals surface area contributed by atoms with E-state index in [1.54, 1.807) is 12.1 Å². The topological polar surface area (TPSA) is 55.1 Å². The number of amides is 1. The van der Waals surface area contributed by atoms with Crippen LogP contribution in [0.5, 0.6) is 0 Å². The van der Waals surface area contributed by atoms with Crippen LogP contribution in [0.4, 0.5) is 4.39 Å². The van der Waals surface area contributed by atoms with Crippen LogP contribution in [0.2, 0.25) is 0 Å². The minimum absolute atomic E-state index is 0.00908. The van der Waals surface area contributed by atoms with Crippen LogP contribution in [0.3, 0.4) is 0 Å². The van der Waals surface area contributed by atoms with Gasteiger partial charge in [-0.2, -0.15) is 0 Å². The van der Waals surface area contributed by atoms with Crippen molar-refractivity contribution >= 4 is 5.91 Å². The Morgan fingerprint density at radius 1 is 1.47 bits per heavy atom. The molecule has 92 valence electrons. The second kappa shape index (κ2) is 5.27. The number of nitrogens with one attached hydrogen (secondary N) is 1. The lowest BCUT2D eigenvalue weighted by molar-refractivity contribution is -0.121. The molecule has 0 spiro atoms. The molecule has 1 aromatic rings. The molecule has 1 fully saturated rings. The van der Waals surface area contributed by atoms with Gasteiger partial charge in [0, 0.05) is 25.1 Å². The van der Waals surface area contributed by atoms with Crippen LogP contribution in [0.1, 0.15) is 30.4 Å². The Kier molecular flexibility index (Phi) is 3.74. The number of carbonyl (C=O) groups is 1. The van der Waals surface area contributed by atoms with Crippen molar-refractivity contribution in [3.8, 4) is 0 Å². The van der Waals surface area contributed by atoms with E-state index in [2.05, 4.69) is 5.32 Å². The first-order valence-electron chi connectivity index (χ1n) is 5.93. The van der Waals surface area contributed by atoms with Gasteiger partial charge in [-0.3, -0.25) is 4.79 Å². The van der Waals surface area contributed by atoms with Crippen molar-refractivity contribution < 1.29 is 9.18 Å². The molecule has 1 aromatic carbocycles. The average Bonchev–Trinajstić information content (AvgIpc) is 3.11. The van der Waals surface area contributed by atoms with Crippen molar-refractivity contribution in [1.82, 2.24) is 5.32 Å². The van der Waals surface area contributed by atoms with E-state index in [-0.39, 0.29) is 18.3 Å². The van der Waals surface area contributed by atoms with Crippen molar-refractivity contribution in [2.45, 2.75) is 32.4 Å². The lowest BCUT2D eigenvalue weighted by Crippen LogP contribution is -2.23. The summed E-state index contributed by atoms with van der Waals surface area (Å²) in [7, 11) is 0. The number of rotatable bonds is 5. The van der Waals surface area contributed by atoms with E-state index in [1.807, 2.05) is 0 Å². The first-order valence-corrected chi connectivity index (χ1v) is 5.93. The Morgan fingerprint density at radius 3 is 2.82 bits per heavy atom. The van der Waals surface area contributed by atoms with Gasteiger partial charge >= 0.3 is 0 Å². The van der Waals surface area contributed by atoms with Crippen LogP contribution in [-0.2, 0) is 17.9 Å². The highest BCUT2D eigenvalue weighted by atomic mass is 19.1. The van der Waals surface area contributed by atoms with Crippen LogP contribution in [0, 0.1) is 11.7 Å². The van der Waals surface area contributed by atoms with E-state index in [4.69, 9.17) is 5.73 Å². The van der Waals surface area contributed by atoms with E-state index in [0.717, 1.165) is 18.4 Å². The molecule has 3 N–H and O–H groups in total. The summed E-state index contributed by atoms with van der Waals surface area (Å²) in [5.41, 5.74) is 6.68. The maximum atomic E-state index is 13.6. The number of benzene rings is 1. The van der Waals surface area contributed by atoms with Gasteiger partial charge in [-0.25, -0.2) is 4.39 Å². The van der Waals surface area contributed by atoms with Crippen molar-refractivity contribution in [2.24, 2.45) is 11.7 Å². The number of hydrogen-bond acceptors (Lipinski definition) is 2. The smallest absolute Gasteiger partial charge is 0.220 e. The standard InChI is InChI=1S/C13H17FN2O/c14-12-5-10(7-15)3-4-11(12)8-16-13(17)6-9-1-2-9/h3-5,9H,1-2,6-8,15H2,(H,16,17). The molecular formula is C13H17FN2O. The first kappa shape index (κ1) is 12.0. The highest BCUT2D eigenvalue weighted by molar-refractivity contribution is 5.76. The molecule has 0 bridgehead atoms. The fourth-order valence-electron chi connectivity index (χ4n) is 1.71. The van der Waals surface area contributed by atoms with Crippen LogP contribution >= 0.6 is 0 Å². The van der Waals surface area contributed by atoms with Crippen LogP contribution in [-0.4, -0.2) is 5.91 Å². The van der Waals surface area contributed by atoms with Gasteiger partial charge in [-0.1, -0.05) is 12.1 Å². The average molecular weight is 236 g/mol. The minimum Gasteiger partial charge on any atom is -0.352 e. The molecule has 0 radical (unpaired) electrons. The third kappa shape index (κ3) is 3.53. The van der Waals surface area contributed by atoms with E-state index in [9.17, 15) is 9.18 Å². The monoisotopic (exact) mass is 236 g/mol. The Bertz CT molecular complexity index is 416. The largest absolute Gasteiger partial charge is 0.352 e. The second-order valence-corrected chi connectivity index (χ2v) is 4.55. The van der Waals surface area contributed by atoms with Crippen LogP contribution < -0.4 is 11.1 Å². The molecule has 1 aliphatic carbocycles. The van der Waals surface area contributed by atoms with Crippen LogP contribution in [0.25, 0.3) is 0 Å². The summed E-state index contributed by atoms with van der Waals surface area (Å²) >= 11 is 0. The maximum Gasteiger partial charge on any atom is 0.220 e. The van der Waals surface area contributed by atoms with Gasteiger partial charge in [0.1, 0.15) is 5.82 Å². The summed E-state index contributed by atoms with van der Waals surface area (Å²) in [4.78, 5) is 11.4. The SMILES string of the molecule is NCc1ccc(CNC(=O)CC2CC2)c(F)c1. The lowest BCUT2D eigenvalue weighted by Gasteiger charge is -2.07. The summed E-state index contributed by atoms with van der Waals surface area (Å²) in [6.45, 7) is 0.577. The Hall–Kier alpha value is -1.42. The fourth-order valence-corrected chi connectivity index (χ4v) is 1.71. The summed E-state index contributed by atoms with van der Waals surface area (Å²) in [6, 6.07) is 4.88. The van der Waals surface area contributed by atoms with E-state index in [0.29, 0.717) is 24.4 Å². The van der Waals surface area contributed by atoms with Crippen molar-refractivity contribution in [2.75, 3.05) is 0 Å². The zero-order chi connectivity index (χ0) is 12.3. The predicted molar refractivity (Wildman–Crippen MR) is 63.5 cm³/mol. The third-order valence-electron chi connectivity index (χ3n) is 3.00. The molecule has 0 saturated heterocycles. The quantitative estimate of drug-likeness (QED) is 0.817. The zero-order valence-electron chi connectivity index (χ0n) is 9.71. The highest BCUT2D eigenvalue weighted by Gasteiger charge is 2.24. The highest BCUT2D eigenvalue weighted by Crippen LogP contribution is 2.32. The predicted octanol–water partition coefficient (Wildman–Crippen LogP) is 1.70. The molecular weight excluding hydrogens is 219 g/mol. The van der Waals surface area contributed by atoms with Gasteiger partial charge in [-0.05, 0) is 30.4 Å². The molecule has 0 atom stereocenters. The lowest BCUT2D eigenvalue weighted by atomic mass is 10.1. The normalized spacial score (nSPS) is 14.7. The molecule has 0 aromatic heterocycles. The third-order valence-corrected chi connectivity index (χ3v) is 3.00. The van der Waals surface area contributed by atoms with Crippen molar-refractivity contribution in [1.29, 1.82) is 0 Å². The first-order chi connectivity index (χ1) is 8.19. The van der Waals surface area contributed by atoms with E-state index >= 15 is 0 Å². The van der Waals surface area contributed by atoms with Gasteiger partial charge in [-0.15, -0.1) is 0 Å². The van der Waals surface area contributed by atoms with Crippen molar-refractivity contribution in [3.05, 3.63) is 35.1 Å². The molecule has 0 unspecified atom stereocenters. The van der Waals surface area contributed by atoms with Crippen LogP contribution in [0.15, 0.2) is 18.2 Å². The summed E-state index contributed by atoms with van der Waals surface area (Å²) < 4.78 is 13.6. The van der Waals surface area contributed by atoms with Gasteiger partial charge in [0.25, 0.3) is 0 Å². The fraction of sp³-hybridized carbons (Fsp3) is 0.462. The van der Waals surface area contributed by atoms with Crippen molar-refractivity contribution in [3.63, 3.8) is 0 Å². The number of hydrogen-bond donors (Lipinski definition) is 2. The summed E-state index contributed by atoms with van der Waals surface area (Å²) in [5.74, 6) is 0.258. The zero-order valence-corrected chi connectivity index (χ0v) is 9.71. The molecule has 3 nitrogen and oxygen atoms in total. The van der Waals surface area contributed by atoms with Gasteiger partial charge < -0.3 is 11.1 Å². The molecule has 1 aliphatic rings. The maximum absolute atomic E-state index is 13.6. The van der Waals surface area contributed by atoms with E-state index < -0.39 is 0 Å². The number of nitrogens with two attached hydrogens (primary N) is 1. The molecule has 4 heteroatoms. The van der Waals surface area contributed by atoms with Gasteiger partial charge in [0.2, 0.25) is 5.91 Å². The molecule has 1 saturated carbocycles. The number of carbonyl (C=O) groups excluding carboxylic acids is 1. The molecule has 0 heterocycles. The van der Waals surface area contributed by atoms with Gasteiger partial charge in [0.05, 0.1) is 0 Å². The second-order valence-electron chi connectivity index (χ2n) is 4.55. The molecule has 2 rings (SSSR count). The molecule has 1 amide bonds. The summed E-state index contributed by atoms with van der Waals surface area (Å²) in [5, 5.41) is 2.74. The van der Waals surface area contributed by atoms with E-state index in [1.165, 1.54) is 6.07 Å². The molecule has 0 aliphatic heterocycles. The summed E-state index contributed by atoms with van der Waals surface area (Å²) in [6.07, 6.45) is 2.86. The Balaban J connectivity index is 1.87. The Labute approximate surface area is 100 Å². The Morgan fingerprint density at radius 2 is 2.24 bits per heavy atom.